The van der Waals surface area contributed by atoms with Crippen LogP contribution in [0.2, 0.25) is 5.02 Å². The van der Waals surface area contributed by atoms with Crippen LogP contribution in [-0.2, 0) is 0 Å². The van der Waals surface area contributed by atoms with E-state index in [0.717, 1.165) is 16.3 Å². The van der Waals surface area contributed by atoms with Gasteiger partial charge in [0.1, 0.15) is 5.01 Å². The van der Waals surface area contributed by atoms with Crippen molar-refractivity contribution in [3.05, 3.63) is 50.4 Å². The van der Waals surface area contributed by atoms with Gasteiger partial charge in [-0.15, -0.1) is 11.3 Å². The fourth-order valence-electron chi connectivity index (χ4n) is 1.47. The zero-order valence-corrected chi connectivity index (χ0v) is 10.8. The van der Waals surface area contributed by atoms with Crippen LogP contribution in [0.3, 0.4) is 0 Å². The molecule has 0 amide bonds. The number of hydrogen-bond acceptors (Lipinski definition) is 3. The Morgan fingerprint density at radius 1 is 1.38 bits per heavy atom. The molecule has 0 saturated heterocycles. The quantitative estimate of drug-likeness (QED) is 0.889. The Morgan fingerprint density at radius 2 is 2.12 bits per heavy atom. The lowest BCUT2D eigenvalue weighted by Gasteiger charge is -2.08. The van der Waals surface area contributed by atoms with Crippen molar-refractivity contribution in [2.45, 2.75) is 19.9 Å². The van der Waals surface area contributed by atoms with Crippen LogP contribution < -0.4 is 5.73 Å². The van der Waals surface area contributed by atoms with Gasteiger partial charge in [0.05, 0.1) is 11.7 Å². The van der Waals surface area contributed by atoms with Gasteiger partial charge in [0.15, 0.2) is 0 Å². The van der Waals surface area contributed by atoms with E-state index in [1.54, 1.807) is 11.3 Å². The number of aromatic nitrogens is 1. The van der Waals surface area contributed by atoms with Gasteiger partial charge in [-0.2, -0.15) is 0 Å². The van der Waals surface area contributed by atoms with Gasteiger partial charge in [0.2, 0.25) is 0 Å². The van der Waals surface area contributed by atoms with Crippen LogP contribution in [0.25, 0.3) is 0 Å². The Balaban J connectivity index is 2.35. The van der Waals surface area contributed by atoms with Crippen molar-refractivity contribution in [1.82, 2.24) is 4.98 Å². The lowest BCUT2D eigenvalue weighted by molar-refractivity contribution is 0.852. The average Bonchev–Trinajstić information content (AvgIpc) is 2.58. The molecule has 4 heteroatoms. The zero-order valence-electron chi connectivity index (χ0n) is 9.20. The van der Waals surface area contributed by atoms with Crippen molar-refractivity contribution in [3.8, 4) is 0 Å². The van der Waals surface area contributed by atoms with Gasteiger partial charge in [-0.05, 0) is 31.5 Å². The number of nitrogens with zero attached hydrogens (tertiary/aromatic N) is 1. The first kappa shape index (κ1) is 11.6. The molecular weight excluding hydrogens is 240 g/mol. The molecule has 1 aromatic carbocycles. The molecule has 0 aliphatic carbocycles. The highest BCUT2D eigenvalue weighted by Gasteiger charge is 2.14. The predicted octanol–water partition coefficient (Wildman–Crippen LogP) is 3.46. The second kappa shape index (κ2) is 4.53. The topological polar surface area (TPSA) is 38.9 Å². The largest absolute Gasteiger partial charge is 0.318 e. The average molecular weight is 253 g/mol. The molecule has 0 spiro atoms. The number of thiazole rings is 1. The molecule has 0 radical (unpaired) electrons. The van der Waals surface area contributed by atoms with Crippen LogP contribution in [0, 0.1) is 13.8 Å². The number of halogens is 1. The summed E-state index contributed by atoms with van der Waals surface area (Å²) in [5.74, 6) is 0. The summed E-state index contributed by atoms with van der Waals surface area (Å²) in [6.07, 6.45) is 0. The number of aryl methyl sites for hydroxylation is 2. The van der Waals surface area contributed by atoms with Crippen molar-refractivity contribution in [2.24, 2.45) is 5.73 Å². The van der Waals surface area contributed by atoms with E-state index < -0.39 is 0 Å². The summed E-state index contributed by atoms with van der Waals surface area (Å²) < 4.78 is 0. The van der Waals surface area contributed by atoms with Crippen LogP contribution in [0.5, 0.6) is 0 Å². The maximum absolute atomic E-state index is 6.16. The molecule has 16 heavy (non-hydrogen) atoms. The van der Waals surface area contributed by atoms with Gasteiger partial charge in [-0.1, -0.05) is 23.7 Å². The van der Waals surface area contributed by atoms with Crippen molar-refractivity contribution in [2.75, 3.05) is 0 Å². The van der Waals surface area contributed by atoms with Gasteiger partial charge in [0.25, 0.3) is 0 Å². The van der Waals surface area contributed by atoms with Crippen LogP contribution in [0.1, 0.15) is 27.2 Å². The molecular formula is C12H13ClN2S. The summed E-state index contributed by atoms with van der Waals surface area (Å²) in [5, 5.41) is 1.65. The maximum Gasteiger partial charge on any atom is 0.114 e. The zero-order chi connectivity index (χ0) is 11.7. The minimum atomic E-state index is -0.184. The van der Waals surface area contributed by atoms with Crippen LogP contribution in [0.4, 0.5) is 0 Å². The Morgan fingerprint density at radius 3 is 2.69 bits per heavy atom. The van der Waals surface area contributed by atoms with E-state index in [1.165, 1.54) is 4.88 Å². The molecule has 1 unspecified atom stereocenters. The molecule has 2 aromatic rings. The van der Waals surface area contributed by atoms with E-state index >= 15 is 0 Å². The van der Waals surface area contributed by atoms with Gasteiger partial charge < -0.3 is 5.73 Å². The summed E-state index contributed by atoms with van der Waals surface area (Å²) in [5.41, 5.74) is 8.21. The van der Waals surface area contributed by atoms with Crippen LogP contribution in [-0.4, -0.2) is 4.98 Å². The van der Waals surface area contributed by atoms with E-state index in [4.69, 9.17) is 17.3 Å². The molecule has 0 bridgehead atoms. The first-order valence-electron chi connectivity index (χ1n) is 5.03. The third-order valence-electron chi connectivity index (χ3n) is 2.52. The number of rotatable bonds is 2. The Bertz CT molecular complexity index is 488. The second-order valence-electron chi connectivity index (χ2n) is 3.73. The van der Waals surface area contributed by atoms with Gasteiger partial charge in [-0.25, -0.2) is 4.98 Å². The van der Waals surface area contributed by atoms with Crippen molar-refractivity contribution in [1.29, 1.82) is 0 Å². The fraction of sp³-hybridized carbons (Fsp3) is 0.250. The third kappa shape index (κ3) is 2.26. The summed E-state index contributed by atoms with van der Waals surface area (Å²) in [4.78, 5) is 5.68. The first-order valence-corrected chi connectivity index (χ1v) is 6.22. The minimum Gasteiger partial charge on any atom is -0.318 e. The highest BCUT2D eigenvalue weighted by Crippen LogP contribution is 2.27. The molecule has 84 valence electrons. The normalized spacial score (nSPS) is 12.8. The third-order valence-corrected chi connectivity index (χ3v) is 3.91. The van der Waals surface area contributed by atoms with E-state index in [1.807, 2.05) is 31.2 Å². The fourth-order valence-corrected chi connectivity index (χ4v) is 2.62. The van der Waals surface area contributed by atoms with Crippen molar-refractivity contribution >= 4 is 22.9 Å². The van der Waals surface area contributed by atoms with Crippen molar-refractivity contribution < 1.29 is 0 Å². The molecule has 1 aromatic heterocycles. The van der Waals surface area contributed by atoms with E-state index in [0.29, 0.717) is 5.02 Å². The van der Waals surface area contributed by atoms with E-state index in [-0.39, 0.29) is 6.04 Å². The smallest absolute Gasteiger partial charge is 0.114 e. The number of benzene rings is 1. The summed E-state index contributed by atoms with van der Waals surface area (Å²) in [6.45, 7) is 4.06. The van der Waals surface area contributed by atoms with Gasteiger partial charge in [-0.3, -0.25) is 0 Å². The molecule has 1 atom stereocenters. The predicted molar refractivity (Wildman–Crippen MR) is 69.1 cm³/mol. The molecule has 2 N–H and O–H groups in total. The lowest BCUT2D eigenvalue weighted by atomic mass is 10.1. The van der Waals surface area contributed by atoms with Gasteiger partial charge >= 0.3 is 0 Å². The summed E-state index contributed by atoms with van der Waals surface area (Å²) in [7, 11) is 0. The number of hydrogen-bond donors (Lipinski definition) is 1. The lowest BCUT2D eigenvalue weighted by Crippen LogP contribution is -2.11. The minimum absolute atomic E-state index is 0.184. The van der Waals surface area contributed by atoms with Crippen molar-refractivity contribution in [3.63, 3.8) is 0 Å². The summed E-state index contributed by atoms with van der Waals surface area (Å²) >= 11 is 7.58. The molecule has 0 aliphatic rings. The monoisotopic (exact) mass is 252 g/mol. The Labute approximate surface area is 104 Å². The second-order valence-corrected chi connectivity index (χ2v) is 5.40. The highest BCUT2D eigenvalue weighted by atomic mass is 35.5. The van der Waals surface area contributed by atoms with Crippen LogP contribution >= 0.6 is 22.9 Å². The first-order chi connectivity index (χ1) is 7.58. The molecule has 0 aliphatic heterocycles. The standard InChI is InChI=1S/C12H13ClN2S/c1-7-8(2)16-12(15-7)11(14)9-4-3-5-10(13)6-9/h3-6,11H,14H2,1-2H3. The maximum atomic E-state index is 6.16. The Kier molecular flexibility index (Phi) is 3.28. The summed E-state index contributed by atoms with van der Waals surface area (Å²) in [6, 6.07) is 7.43. The number of nitrogens with two attached hydrogens (primary N) is 1. The molecule has 0 saturated carbocycles. The SMILES string of the molecule is Cc1nc(C(N)c2cccc(Cl)c2)sc1C. The Hall–Kier alpha value is -0.900. The molecule has 2 rings (SSSR count). The van der Waals surface area contributed by atoms with Crippen LogP contribution in [0.15, 0.2) is 24.3 Å². The highest BCUT2D eigenvalue weighted by molar-refractivity contribution is 7.11. The van der Waals surface area contributed by atoms with E-state index in [9.17, 15) is 0 Å². The van der Waals surface area contributed by atoms with E-state index in [2.05, 4.69) is 11.9 Å². The molecule has 0 fully saturated rings. The van der Waals surface area contributed by atoms with Gasteiger partial charge in [0, 0.05) is 9.90 Å². The molecule has 2 nitrogen and oxygen atoms in total. The molecule has 1 heterocycles.